The SMILES string of the molecule is CC(=O)N1C(CC(=O)c2ccc(Br)cc2)CC(C)N1c1ccccc1. The summed E-state index contributed by atoms with van der Waals surface area (Å²) in [4.78, 5) is 25.0. The molecule has 0 saturated carbocycles. The highest BCUT2D eigenvalue weighted by molar-refractivity contribution is 9.10. The first kappa shape index (κ1) is 17.7. The van der Waals surface area contributed by atoms with Crippen molar-refractivity contribution >= 4 is 33.3 Å². The molecule has 1 amide bonds. The van der Waals surface area contributed by atoms with E-state index in [9.17, 15) is 9.59 Å². The van der Waals surface area contributed by atoms with Gasteiger partial charge in [-0.25, -0.2) is 0 Å². The van der Waals surface area contributed by atoms with Gasteiger partial charge < -0.3 is 0 Å². The molecule has 2 unspecified atom stereocenters. The van der Waals surface area contributed by atoms with Crippen molar-refractivity contribution in [3.8, 4) is 0 Å². The van der Waals surface area contributed by atoms with Crippen LogP contribution in [0.4, 0.5) is 5.69 Å². The van der Waals surface area contributed by atoms with E-state index in [1.54, 1.807) is 11.9 Å². The zero-order valence-electron chi connectivity index (χ0n) is 14.4. The first-order valence-electron chi connectivity index (χ1n) is 8.40. The highest BCUT2D eigenvalue weighted by Gasteiger charge is 2.39. The zero-order chi connectivity index (χ0) is 18.0. The van der Waals surface area contributed by atoms with E-state index < -0.39 is 0 Å². The van der Waals surface area contributed by atoms with Crippen LogP contribution in [-0.4, -0.2) is 28.8 Å². The number of hydrazine groups is 1. The van der Waals surface area contributed by atoms with Crippen LogP contribution >= 0.6 is 15.9 Å². The molecule has 5 heteroatoms. The zero-order valence-corrected chi connectivity index (χ0v) is 15.9. The predicted octanol–water partition coefficient (Wildman–Crippen LogP) is 4.45. The second-order valence-corrected chi connectivity index (χ2v) is 7.33. The molecular weight excluding hydrogens is 380 g/mol. The quantitative estimate of drug-likeness (QED) is 0.711. The Morgan fingerprint density at radius 3 is 2.32 bits per heavy atom. The number of hydrogen-bond donors (Lipinski definition) is 0. The van der Waals surface area contributed by atoms with Gasteiger partial charge in [0.2, 0.25) is 5.91 Å². The van der Waals surface area contributed by atoms with E-state index in [2.05, 4.69) is 22.9 Å². The van der Waals surface area contributed by atoms with Gasteiger partial charge in [0, 0.05) is 29.4 Å². The van der Waals surface area contributed by atoms with Crippen molar-refractivity contribution in [2.24, 2.45) is 0 Å². The molecule has 0 aromatic heterocycles. The topological polar surface area (TPSA) is 40.6 Å². The van der Waals surface area contributed by atoms with E-state index in [1.807, 2.05) is 59.6 Å². The molecule has 1 heterocycles. The molecule has 130 valence electrons. The molecule has 0 spiro atoms. The standard InChI is InChI=1S/C20H21BrN2O2/c1-14-12-19(13-20(25)16-8-10-17(21)11-9-16)23(15(2)24)22(14)18-6-4-3-5-7-18/h3-11,14,19H,12-13H2,1-2H3. The lowest BCUT2D eigenvalue weighted by atomic mass is 10.0. The fourth-order valence-corrected chi connectivity index (χ4v) is 3.75. The lowest BCUT2D eigenvalue weighted by Gasteiger charge is -2.34. The Hall–Kier alpha value is -2.14. The van der Waals surface area contributed by atoms with Crippen molar-refractivity contribution in [1.29, 1.82) is 0 Å². The molecule has 2 aromatic carbocycles. The van der Waals surface area contributed by atoms with E-state index >= 15 is 0 Å². The average Bonchev–Trinajstić information content (AvgIpc) is 2.92. The van der Waals surface area contributed by atoms with Gasteiger partial charge in [0.15, 0.2) is 5.78 Å². The Kier molecular flexibility index (Phi) is 5.23. The van der Waals surface area contributed by atoms with Gasteiger partial charge in [0.25, 0.3) is 0 Å². The van der Waals surface area contributed by atoms with Gasteiger partial charge >= 0.3 is 0 Å². The van der Waals surface area contributed by atoms with E-state index in [0.29, 0.717) is 12.0 Å². The van der Waals surface area contributed by atoms with Crippen LogP contribution in [-0.2, 0) is 4.79 Å². The lowest BCUT2D eigenvalue weighted by Crippen LogP contribution is -2.46. The first-order valence-corrected chi connectivity index (χ1v) is 9.19. The Morgan fingerprint density at radius 1 is 1.08 bits per heavy atom. The van der Waals surface area contributed by atoms with Crippen LogP contribution in [0.1, 0.15) is 37.0 Å². The third kappa shape index (κ3) is 3.76. The van der Waals surface area contributed by atoms with Crippen LogP contribution in [0.5, 0.6) is 0 Å². The maximum Gasteiger partial charge on any atom is 0.238 e. The summed E-state index contributed by atoms with van der Waals surface area (Å²) in [6.45, 7) is 3.65. The smallest absolute Gasteiger partial charge is 0.238 e. The number of rotatable bonds is 4. The summed E-state index contributed by atoms with van der Waals surface area (Å²) < 4.78 is 0.944. The van der Waals surface area contributed by atoms with Crippen LogP contribution in [0.3, 0.4) is 0 Å². The van der Waals surface area contributed by atoms with Crippen LogP contribution in [0.2, 0.25) is 0 Å². The number of carbonyl (C=O) groups is 2. The molecular formula is C20H21BrN2O2. The predicted molar refractivity (Wildman–Crippen MR) is 102 cm³/mol. The number of ketones is 1. The van der Waals surface area contributed by atoms with Gasteiger partial charge in [-0.3, -0.25) is 19.6 Å². The average molecular weight is 401 g/mol. The monoisotopic (exact) mass is 400 g/mol. The summed E-state index contributed by atoms with van der Waals surface area (Å²) in [7, 11) is 0. The Bertz CT molecular complexity index is 761. The second-order valence-electron chi connectivity index (χ2n) is 6.42. The van der Waals surface area contributed by atoms with Gasteiger partial charge in [0.1, 0.15) is 0 Å². The summed E-state index contributed by atoms with van der Waals surface area (Å²) in [6.07, 6.45) is 1.10. The second kappa shape index (κ2) is 7.40. The van der Waals surface area contributed by atoms with Crippen molar-refractivity contribution in [3.63, 3.8) is 0 Å². The number of para-hydroxylation sites is 1. The van der Waals surface area contributed by atoms with Gasteiger partial charge in [-0.15, -0.1) is 0 Å². The number of anilines is 1. The van der Waals surface area contributed by atoms with E-state index in [1.165, 1.54) is 0 Å². The molecule has 1 aliphatic rings. The summed E-state index contributed by atoms with van der Waals surface area (Å²) in [6, 6.07) is 17.3. The molecule has 1 saturated heterocycles. The first-order chi connectivity index (χ1) is 12.0. The summed E-state index contributed by atoms with van der Waals surface area (Å²) in [5.41, 5.74) is 1.65. The minimum absolute atomic E-state index is 0.0400. The Labute approximate surface area is 156 Å². The third-order valence-electron chi connectivity index (χ3n) is 4.54. The number of Topliss-reactive ketones (excluding diaryl/α,β-unsaturated/α-hetero) is 1. The summed E-state index contributed by atoms with van der Waals surface area (Å²) in [5.74, 6) is 0.0210. The fraction of sp³-hybridized carbons (Fsp3) is 0.300. The van der Waals surface area contributed by atoms with Crippen LogP contribution in [0.25, 0.3) is 0 Å². The van der Waals surface area contributed by atoms with E-state index in [4.69, 9.17) is 0 Å². The number of benzene rings is 2. The molecule has 4 nitrogen and oxygen atoms in total. The van der Waals surface area contributed by atoms with Gasteiger partial charge in [-0.05, 0) is 37.6 Å². The summed E-state index contributed by atoms with van der Waals surface area (Å²) >= 11 is 3.38. The molecule has 2 atom stereocenters. The number of hydrogen-bond acceptors (Lipinski definition) is 3. The molecule has 25 heavy (non-hydrogen) atoms. The van der Waals surface area contributed by atoms with Crippen LogP contribution in [0, 0.1) is 0 Å². The normalized spacial score (nSPS) is 20.0. The lowest BCUT2D eigenvalue weighted by molar-refractivity contribution is -0.130. The summed E-state index contributed by atoms with van der Waals surface area (Å²) in [5, 5.41) is 3.76. The van der Waals surface area contributed by atoms with Gasteiger partial charge in [-0.2, -0.15) is 0 Å². The van der Waals surface area contributed by atoms with Crippen molar-refractivity contribution in [1.82, 2.24) is 5.01 Å². The fourth-order valence-electron chi connectivity index (χ4n) is 3.49. The highest BCUT2D eigenvalue weighted by atomic mass is 79.9. The third-order valence-corrected chi connectivity index (χ3v) is 5.07. The molecule has 1 aliphatic heterocycles. The maximum atomic E-state index is 12.7. The van der Waals surface area contributed by atoms with E-state index in [-0.39, 0.29) is 23.8 Å². The Balaban J connectivity index is 1.82. The molecule has 0 aliphatic carbocycles. The van der Waals surface area contributed by atoms with Crippen LogP contribution < -0.4 is 5.01 Å². The molecule has 0 radical (unpaired) electrons. The minimum Gasteiger partial charge on any atom is -0.294 e. The minimum atomic E-state index is -0.121. The maximum absolute atomic E-state index is 12.7. The molecule has 0 bridgehead atoms. The molecule has 0 N–H and O–H groups in total. The van der Waals surface area contributed by atoms with Crippen molar-refractivity contribution in [2.75, 3.05) is 5.01 Å². The van der Waals surface area contributed by atoms with Gasteiger partial charge in [-0.1, -0.05) is 46.3 Å². The number of amides is 1. The molecule has 1 fully saturated rings. The molecule has 2 aromatic rings. The van der Waals surface area contributed by atoms with Crippen molar-refractivity contribution in [2.45, 2.75) is 38.8 Å². The van der Waals surface area contributed by atoms with E-state index in [0.717, 1.165) is 16.6 Å². The largest absolute Gasteiger partial charge is 0.294 e. The number of halogens is 1. The molecule has 3 rings (SSSR count). The van der Waals surface area contributed by atoms with Crippen molar-refractivity contribution in [3.05, 3.63) is 64.6 Å². The Morgan fingerprint density at radius 2 is 1.72 bits per heavy atom. The van der Waals surface area contributed by atoms with Crippen LogP contribution in [0.15, 0.2) is 59.1 Å². The van der Waals surface area contributed by atoms with Gasteiger partial charge in [0.05, 0.1) is 11.7 Å². The van der Waals surface area contributed by atoms with Crippen molar-refractivity contribution < 1.29 is 9.59 Å². The highest BCUT2D eigenvalue weighted by Crippen LogP contribution is 2.32. The number of carbonyl (C=O) groups excluding carboxylic acids is 2. The number of nitrogens with zero attached hydrogens (tertiary/aromatic N) is 2.